The number of rotatable bonds is 6. The Labute approximate surface area is 166 Å². The minimum absolute atomic E-state index is 0.128. The quantitative estimate of drug-likeness (QED) is 0.748. The molecule has 2 aromatic carbocycles. The van der Waals surface area contributed by atoms with Gasteiger partial charge in [-0.3, -0.25) is 4.79 Å². The molecule has 144 valence electrons. The molecule has 0 bridgehead atoms. The average Bonchev–Trinajstić information content (AvgIpc) is 2.95. The first-order valence-corrected chi connectivity index (χ1v) is 8.67. The van der Waals surface area contributed by atoms with Gasteiger partial charge in [0.2, 0.25) is 0 Å². The summed E-state index contributed by atoms with van der Waals surface area (Å²) in [6.07, 6.45) is 1.65. The van der Waals surface area contributed by atoms with Crippen molar-refractivity contribution in [3.63, 3.8) is 0 Å². The van der Waals surface area contributed by atoms with Crippen LogP contribution in [0.5, 0.6) is 11.5 Å². The second-order valence-electron chi connectivity index (χ2n) is 5.91. The highest BCUT2D eigenvalue weighted by molar-refractivity contribution is 6.33. The van der Waals surface area contributed by atoms with E-state index >= 15 is 0 Å². The number of hydrazone groups is 1. The van der Waals surface area contributed by atoms with Gasteiger partial charge in [-0.15, -0.1) is 0 Å². The molecule has 0 saturated heterocycles. The maximum atomic E-state index is 12.8. The Morgan fingerprint density at radius 1 is 1.29 bits per heavy atom. The van der Waals surface area contributed by atoms with Crippen LogP contribution in [0.1, 0.15) is 12.5 Å². The molecule has 1 heterocycles. The first kappa shape index (κ1) is 19.4. The number of amides is 1. The van der Waals surface area contributed by atoms with Crippen molar-refractivity contribution in [3.05, 3.63) is 58.6 Å². The molecule has 0 aliphatic carbocycles. The topological polar surface area (TPSA) is 88.4 Å². The van der Waals surface area contributed by atoms with E-state index in [2.05, 4.69) is 5.10 Å². The van der Waals surface area contributed by atoms with Gasteiger partial charge >= 0.3 is 5.97 Å². The summed E-state index contributed by atoms with van der Waals surface area (Å²) in [5.74, 6) is -0.998. The van der Waals surface area contributed by atoms with Gasteiger partial charge in [0.25, 0.3) is 5.91 Å². The van der Waals surface area contributed by atoms with E-state index in [-0.39, 0.29) is 22.4 Å². The van der Waals surface area contributed by atoms with Gasteiger partial charge < -0.3 is 14.6 Å². The lowest BCUT2D eigenvalue weighted by molar-refractivity contribution is -0.139. The average molecular weight is 401 g/mol. The summed E-state index contributed by atoms with van der Waals surface area (Å²) in [7, 11) is 1.42. The minimum Gasteiger partial charge on any atom is -0.493 e. The lowest BCUT2D eigenvalue weighted by Crippen LogP contribution is -2.21. The molecule has 1 amide bonds. The summed E-state index contributed by atoms with van der Waals surface area (Å²) >= 11 is 6.23. The Morgan fingerprint density at radius 3 is 2.64 bits per heavy atom. The molecule has 2 aromatic rings. The predicted octanol–water partition coefficient (Wildman–Crippen LogP) is 3.62. The summed E-state index contributed by atoms with van der Waals surface area (Å²) in [5.41, 5.74) is 2.25. The molecule has 0 radical (unpaired) electrons. The molecule has 0 saturated carbocycles. The van der Waals surface area contributed by atoms with E-state index in [1.54, 1.807) is 37.3 Å². The second-order valence-corrected chi connectivity index (χ2v) is 6.32. The highest BCUT2D eigenvalue weighted by Crippen LogP contribution is 2.37. The number of halogens is 1. The van der Waals surface area contributed by atoms with Crippen LogP contribution in [0.4, 0.5) is 5.69 Å². The molecule has 7 nitrogen and oxygen atoms in total. The number of methoxy groups -OCH3 is 1. The van der Waals surface area contributed by atoms with Crippen LogP contribution in [0.2, 0.25) is 5.02 Å². The predicted molar refractivity (Wildman–Crippen MR) is 106 cm³/mol. The normalized spacial score (nSPS) is 15.0. The minimum atomic E-state index is -1.13. The van der Waals surface area contributed by atoms with Crippen LogP contribution in [0.15, 0.2) is 53.1 Å². The zero-order valence-corrected chi connectivity index (χ0v) is 15.9. The summed E-state index contributed by atoms with van der Waals surface area (Å²) in [4.78, 5) is 23.5. The third-order valence-corrected chi connectivity index (χ3v) is 4.25. The third-order valence-electron chi connectivity index (χ3n) is 3.97. The number of carbonyl (C=O) groups is 2. The van der Waals surface area contributed by atoms with Crippen LogP contribution in [0, 0.1) is 0 Å². The van der Waals surface area contributed by atoms with Crippen molar-refractivity contribution >= 4 is 41.0 Å². The molecule has 0 fully saturated rings. The maximum Gasteiger partial charge on any atom is 0.341 e. The molecule has 0 atom stereocenters. The Hall–Kier alpha value is -3.32. The van der Waals surface area contributed by atoms with Gasteiger partial charge in [0.15, 0.2) is 18.1 Å². The Morgan fingerprint density at radius 2 is 2.00 bits per heavy atom. The SMILES string of the molecule is COc1cc(/C=C2/C(=O)N(c3ccccc3)N=C2C)cc(Cl)c1OCC(=O)O. The highest BCUT2D eigenvalue weighted by atomic mass is 35.5. The number of carboxylic acids is 1. The molecule has 0 spiro atoms. The fraction of sp³-hybridized carbons (Fsp3) is 0.150. The first-order chi connectivity index (χ1) is 13.4. The van der Waals surface area contributed by atoms with Gasteiger partial charge in [-0.05, 0) is 42.8 Å². The number of carbonyl (C=O) groups excluding carboxylic acids is 1. The Kier molecular flexibility index (Phi) is 5.65. The van der Waals surface area contributed by atoms with Crippen molar-refractivity contribution in [2.75, 3.05) is 18.7 Å². The summed E-state index contributed by atoms with van der Waals surface area (Å²) in [6.45, 7) is 1.20. The Bertz CT molecular complexity index is 986. The molecular formula is C20H17ClN2O5. The lowest BCUT2D eigenvalue weighted by atomic mass is 10.1. The monoisotopic (exact) mass is 400 g/mol. The molecular weight excluding hydrogens is 384 g/mol. The van der Waals surface area contributed by atoms with Gasteiger partial charge in [-0.1, -0.05) is 29.8 Å². The number of nitrogens with zero attached hydrogens (tertiary/aromatic N) is 2. The summed E-state index contributed by atoms with van der Waals surface area (Å²) in [6, 6.07) is 12.3. The van der Waals surface area contributed by atoms with Gasteiger partial charge in [0.1, 0.15) is 0 Å². The number of hydrogen-bond acceptors (Lipinski definition) is 5. The standard InChI is InChI=1S/C20H17ClN2O5/c1-12-15(20(26)23(22-12)14-6-4-3-5-7-14)8-13-9-16(21)19(17(10-13)27-2)28-11-18(24)25/h3-10H,11H2,1-2H3,(H,24,25)/b15-8+. The van der Waals surface area contributed by atoms with Gasteiger partial charge in [0.05, 0.1) is 29.1 Å². The van der Waals surface area contributed by atoms with Crippen molar-refractivity contribution < 1.29 is 24.2 Å². The molecule has 0 aromatic heterocycles. The summed E-state index contributed by atoms with van der Waals surface area (Å²) in [5, 5.41) is 14.6. The summed E-state index contributed by atoms with van der Waals surface area (Å²) < 4.78 is 10.4. The van der Waals surface area contributed by atoms with Crippen LogP contribution >= 0.6 is 11.6 Å². The van der Waals surface area contributed by atoms with E-state index < -0.39 is 12.6 Å². The maximum absolute atomic E-state index is 12.8. The van der Waals surface area contributed by atoms with Gasteiger partial charge in [-0.25, -0.2) is 4.79 Å². The number of benzene rings is 2. The molecule has 0 unspecified atom stereocenters. The number of hydrogen-bond donors (Lipinski definition) is 1. The van der Waals surface area contributed by atoms with Crippen molar-refractivity contribution in [1.82, 2.24) is 0 Å². The third kappa shape index (κ3) is 3.99. The van der Waals surface area contributed by atoms with Crippen LogP contribution in [-0.2, 0) is 9.59 Å². The van der Waals surface area contributed by atoms with Crippen molar-refractivity contribution in [1.29, 1.82) is 0 Å². The van der Waals surface area contributed by atoms with Crippen molar-refractivity contribution in [2.45, 2.75) is 6.92 Å². The van der Waals surface area contributed by atoms with Crippen LogP contribution in [0.3, 0.4) is 0 Å². The van der Waals surface area contributed by atoms with E-state index in [0.29, 0.717) is 22.5 Å². The molecule has 1 aliphatic rings. The van der Waals surface area contributed by atoms with Crippen LogP contribution < -0.4 is 14.5 Å². The van der Waals surface area contributed by atoms with Crippen LogP contribution in [0.25, 0.3) is 6.08 Å². The van der Waals surface area contributed by atoms with Gasteiger partial charge in [0, 0.05) is 0 Å². The fourth-order valence-electron chi connectivity index (χ4n) is 2.69. The zero-order chi connectivity index (χ0) is 20.3. The van der Waals surface area contributed by atoms with E-state index in [4.69, 9.17) is 26.2 Å². The Balaban J connectivity index is 1.93. The molecule has 28 heavy (non-hydrogen) atoms. The van der Waals surface area contributed by atoms with Crippen molar-refractivity contribution in [3.8, 4) is 11.5 Å². The van der Waals surface area contributed by atoms with Crippen molar-refractivity contribution in [2.24, 2.45) is 5.10 Å². The smallest absolute Gasteiger partial charge is 0.341 e. The number of carboxylic acid groups (broad SMARTS) is 1. The van der Waals surface area contributed by atoms with Crippen LogP contribution in [-0.4, -0.2) is 36.4 Å². The molecule has 1 aliphatic heterocycles. The number of ether oxygens (including phenoxy) is 2. The highest BCUT2D eigenvalue weighted by Gasteiger charge is 2.28. The largest absolute Gasteiger partial charge is 0.493 e. The zero-order valence-electron chi connectivity index (χ0n) is 15.2. The van der Waals surface area contributed by atoms with E-state index in [0.717, 1.165) is 0 Å². The number of aliphatic carboxylic acids is 1. The fourth-order valence-corrected chi connectivity index (χ4v) is 2.97. The molecule has 8 heteroatoms. The second kappa shape index (κ2) is 8.14. The van der Waals surface area contributed by atoms with E-state index in [1.807, 2.05) is 18.2 Å². The lowest BCUT2D eigenvalue weighted by Gasteiger charge is -2.13. The number of para-hydroxylation sites is 1. The van der Waals surface area contributed by atoms with E-state index in [1.165, 1.54) is 12.1 Å². The first-order valence-electron chi connectivity index (χ1n) is 8.29. The number of anilines is 1. The molecule has 1 N–H and O–H groups in total. The molecule has 3 rings (SSSR count). The van der Waals surface area contributed by atoms with E-state index in [9.17, 15) is 9.59 Å². The van der Waals surface area contributed by atoms with Gasteiger partial charge in [-0.2, -0.15) is 10.1 Å².